The minimum Gasteiger partial charge on any atom is -0.490 e. The second kappa shape index (κ2) is 9.21. The largest absolute Gasteiger partial charge is 0.490 e. The predicted octanol–water partition coefficient (Wildman–Crippen LogP) is 4.32. The molecule has 0 amide bonds. The van der Waals surface area contributed by atoms with Gasteiger partial charge in [-0.05, 0) is 50.6 Å². The van der Waals surface area contributed by atoms with Crippen molar-refractivity contribution in [2.45, 2.75) is 39.5 Å². The van der Waals surface area contributed by atoms with Crippen LogP contribution in [0, 0.1) is 5.82 Å². The van der Waals surface area contributed by atoms with Gasteiger partial charge in [0.2, 0.25) is 0 Å². The van der Waals surface area contributed by atoms with Gasteiger partial charge in [-0.25, -0.2) is 4.39 Å². The van der Waals surface area contributed by atoms with Crippen LogP contribution in [-0.4, -0.2) is 23.9 Å². The Morgan fingerprint density at radius 1 is 1.12 bits per heavy atom. The molecule has 0 radical (unpaired) electrons. The molecule has 26 heavy (non-hydrogen) atoms. The zero-order chi connectivity index (χ0) is 19.2. The number of ether oxygens (including phenoxy) is 2. The third-order valence-electron chi connectivity index (χ3n) is 3.87. The summed E-state index contributed by atoms with van der Waals surface area (Å²) in [5.74, 6) is 0.848. The molecule has 0 saturated carbocycles. The Morgan fingerprint density at radius 3 is 2.54 bits per heavy atom. The minimum atomic E-state index is -0.378. The summed E-state index contributed by atoms with van der Waals surface area (Å²) in [5.41, 5.74) is 1.35. The molecule has 0 heterocycles. The van der Waals surface area contributed by atoms with Crippen molar-refractivity contribution in [3.05, 3.63) is 58.4 Å². The average Bonchev–Trinajstić information content (AvgIpc) is 2.61. The van der Waals surface area contributed by atoms with Gasteiger partial charge in [0, 0.05) is 17.6 Å². The molecule has 6 heteroatoms. The van der Waals surface area contributed by atoms with Crippen molar-refractivity contribution >= 4 is 11.6 Å². The van der Waals surface area contributed by atoms with Crippen molar-refractivity contribution in [2.75, 3.05) is 13.2 Å². The first-order chi connectivity index (χ1) is 12.3. The first kappa shape index (κ1) is 20.5. The van der Waals surface area contributed by atoms with Crippen LogP contribution < -0.4 is 14.8 Å². The molecular formula is C20H25ClFNO3. The van der Waals surface area contributed by atoms with Crippen molar-refractivity contribution < 1.29 is 19.0 Å². The fourth-order valence-electron chi connectivity index (χ4n) is 2.24. The maximum absolute atomic E-state index is 13.1. The molecule has 0 aliphatic carbocycles. The first-order valence-electron chi connectivity index (χ1n) is 8.53. The van der Waals surface area contributed by atoms with Crippen LogP contribution >= 0.6 is 11.6 Å². The van der Waals surface area contributed by atoms with E-state index in [-0.39, 0.29) is 24.6 Å². The van der Waals surface area contributed by atoms with Crippen LogP contribution in [0.5, 0.6) is 11.5 Å². The lowest BCUT2D eigenvalue weighted by Crippen LogP contribution is -2.42. The molecule has 2 N–H and O–H groups in total. The van der Waals surface area contributed by atoms with Gasteiger partial charge in [0.1, 0.15) is 12.4 Å². The van der Waals surface area contributed by atoms with E-state index in [1.54, 1.807) is 6.07 Å². The molecule has 0 unspecified atom stereocenters. The van der Waals surface area contributed by atoms with Crippen molar-refractivity contribution in [3.8, 4) is 11.5 Å². The number of hydrogen-bond acceptors (Lipinski definition) is 4. The normalized spacial score (nSPS) is 11.5. The Bertz CT molecular complexity index is 737. The van der Waals surface area contributed by atoms with Crippen LogP contribution in [0.3, 0.4) is 0 Å². The molecule has 0 saturated heterocycles. The quantitative estimate of drug-likeness (QED) is 0.679. The van der Waals surface area contributed by atoms with Crippen molar-refractivity contribution in [1.29, 1.82) is 0 Å². The lowest BCUT2D eigenvalue weighted by atomic mass is 10.1. The van der Waals surface area contributed by atoms with E-state index in [0.29, 0.717) is 35.2 Å². The molecule has 0 aliphatic heterocycles. The fourth-order valence-corrected chi connectivity index (χ4v) is 2.46. The van der Waals surface area contributed by atoms with Gasteiger partial charge in [-0.2, -0.15) is 0 Å². The Labute approximate surface area is 158 Å². The Morgan fingerprint density at radius 2 is 1.88 bits per heavy atom. The van der Waals surface area contributed by atoms with Gasteiger partial charge in [-0.3, -0.25) is 0 Å². The number of benzene rings is 2. The van der Waals surface area contributed by atoms with Crippen LogP contribution in [0.2, 0.25) is 5.02 Å². The summed E-state index contributed by atoms with van der Waals surface area (Å²) in [4.78, 5) is 0. The molecule has 0 aliphatic rings. The maximum Gasteiger partial charge on any atom is 0.161 e. The molecule has 2 aromatic rings. The Balaban J connectivity index is 2.10. The van der Waals surface area contributed by atoms with E-state index in [0.717, 1.165) is 5.56 Å². The summed E-state index contributed by atoms with van der Waals surface area (Å²) in [6.07, 6.45) is 0. The van der Waals surface area contributed by atoms with Crippen LogP contribution in [0.4, 0.5) is 4.39 Å². The second-order valence-corrected chi connectivity index (χ2v) is 7.04. The fraction of sp³-hybridized carbons (Fsp3) is 0.400. The number of halogens is 2. The molecule has 0 atom stereocenters. The van der Waals surface area contributed by atoms with E-state index in [1.807, 2.05) is 39.0 Å². The SMILES string of the molecule is CCOc1cc(CNC(C)(C)CO)ccc1OCc1ccc(F)cc1Cl. The van der Waals surface area contributed by atoms with Gasteiger partial charge in [-0.1, -0.05) is 23.7 Å². The lowest BCUT2D eigenvalue weighted by molar-refractivity contribution is 0.187. The lowest BCUT2D eigenvalue weighted by Gasteiger charge is -2.24. The molecular weight excluding hydrogens is 357 g/mol. The molecule has 0 fully saturated rings. The van der Waals surface area contributed by atoms with Crippen molar-refractivity contribution in [1.82, 2.24) is 5.32 Å². The minimum absolute atomic E-state index is 0.0466. The van der Waals surface area contributed by atoms with Crippen molar-refractivity contribution in [3.63, 3.8) is 0 Å². The summed E-state index contributed by atoms with van der Waals surface area (Å²) in [6.45, 7) is 7.13. The number of aliphatic hydroxyl groups is 1. The summed E-state index contributed by atoms with van der Waals surface area (Å²) in [5, 5.41) is 12.9. The number of nitrogens with one attached hydrogen (secondary N) is 1. The summed E-state index contributed by atoms with van der Waals surface area (Å²) in [7, 11) is 0. The Kier molecular flexibility index (Phi) is 7.26. The monoisotopic (exact) mass is 381 g/mol. The average molecular weight is 382 g/mol. The van der Waals surface area contributed by atoms with Crippen LogP contribution in [0.15, 0.2) is 36.4 Å². The van der Waals surface area contributed by atoms with Gasteiger partial charge < -0.3 is 19.9 Å². The summed E-state index contributed by atoms with van der Waals surface area (Å²) in [6, 6.07) is 9.90. The van der Waals surface area contributed by atoms with Crippen LogP contribution in [0.1, 0.15) is 31.9 Å². The van der Waals surface area contributed by atoms with Gasteiger partial charge in [-0.15, -0.1) is 0 Å². The maximum atomic E-state index is 13.1. The van der Waals surface area contributed by atoms with E-state index < -0.39 is 0 Å². The van der Waals surface area contributed by atoms with Crippen molar-refractivity contribution in [2.24, 2.45) is 0 Å². The van der Waals surface area contributed by atoms with E-state index in [1.165, 1.54) is 12.1 Å². The van der Waals surface area contributed by atoms with Gasteiger partial charge >= 0.3 is 0 Å². The molecule has 2 rings (SSSR count). The standard InChI is InChI=1S/C20H25ClFNO3/c1-4-25-19-9-14(11-23-20(2,3)13-24)5-8-18(19)26-12-15-6-7-16(22)10-17(15)21/h5-10,23-24H,4,11-13H2,1-3H3. The molecule has 2 aromatic carbocycles. The van der Waals surface area contributed by atoms with Gasteiger partial charge in [0.15, 0.2) is 11.5 Å². The summed E-state index contributed by atoms with van der Waals surface area (Å²) < 4.78 is 24.6. The van der Waals surface area contributed by atoms with Gasteiger partial charge in [0.25, 0.3) is 0 Å². The molecule has 0 bridgehead atoms. The smallest absolute Gasteiger partial charge is 0.161 e. The van der Waals surface area contributed by atoms with E-state index in [9.17, 15) is 9.50 Å². The predicted molar refractivity (Wildman–Crippen MR) is 101 cm³/mol. The van der Waals surface area contributed by atoms with Crippen LogP contribution in [0.25, 0.3) is 0 Å². The van der Waals surface area contributed by atoms with E-state index >= 15 is 0 Å². The van der Waals surface area contributed by atoms with Crippen LogP contribution in [-0.2, 0) is 13.2 Å². The highest BCUT2D eigenvalue weighted by molar-refractivity contribution is 6.31. The zero-order valence-electron chi connectivity index (χ0n) is 15.3. The zero-order valence-corrected chi connectivity index (χ0v) is 16.1. The third-order valence-corrected chi connectivity index (χ3v) is 4.22. The van der Waals surface area contributed by atoms with Gasteiger partial charge in [0.05, 0.1) is 18.2 Å². The first-order valence-corrected chi connectivity index (χ1v) is 8.91. The van der Waals surface area contributed by atoms with E-state index in [4.69, 9.17) is 21.1 Å². The third kappa shape index (κ3) is 5.87. The highest BCUT2D eigenvalue weighted by Gasteiger charge is 2.16. The molecule has 142 valence electrons. The molecule has 0 spiro atoms. The molecule has 0 aromatic heterocycles. The Hall–Kier alpha value is -1.82. The second-order valence-electron chi connectivity index (χ2n) is 6.63. The highest BCUT2D eigenvalue weighted by atomic mass is 35.5. The number of hydrogen-bond donors (Lipinski definition) is 2. The number of rotatable bonds is 9. The summed E-state index contributed by atoms with van der Waals surface area (Å²) >= 11 is 6.04. The number of aliphatic hydroxyl groups excluding tert-OH is 1. The molecule has 4 nitrogen and oxygen atoms in total. The van der Waals surface area contributed by atoms with E-state index in [2.05, 4.69) is 5.32 Å². The topological polar surface area (TPSA) is 50.7 Å². The highest BCUT2D eigenvalue weighted by Crippen LogP contribution is 2.30.